The van der Waals surface area contributed by atoms with Crippen LogP contribution in [0.2, 0.25) is 0 Å². The Kier molecular flexibility index (Phi) is 3.90. The standard InChI is InChI=1S/C18H19FN4O/c1-12-21-18-9-6-15(11-23(18)22-12)20-10-16-7-8-17(24-16)13-2-4-14(19)5-3-13/h2-5,7-8,15,20H,6,9-11H2,1H3/t15-/m0/s1. The molecule has 0 bridgehead atoms. The van der Waals surface area contributed by atoms with Crippen molar-refractivity contribution in [3.8, 4) is 11.3 Å². The van der Waals surface area contributed by atoms with E-state index in [4.69, 9.17) is 4.42 Å². The second-order valence-electron chi connectivity index (χ2n) is 6.15. The van der Waals surface area contributed by atoms with E-state index in [0.717, 1.165) is 48.1 Å². The third-order valence-corrected chi connectivity index (χ3v) is 4.32. The van der Waals surface area contributed by atoms with E-state index in [1.54, 1.807) is 12.1 Å². The maximum absolute atomic E-state index is 13.0. The molecule has 24 heavy (non-hydrogen) atoms. The lowest BCUT2D eigenvalue weighted by molar-refractivity contribution is 0.345. The molecule has 1 atom stereocenters. The van der Waals surface area contributed by atoms with Gasteiger partial charge in [-0.25, -0.2) is 14.1 Å². The van der Waals surface area contributed by atoms with Gasteiger partial charge in [-0.3, -0.25) is 0 Å². The summed E-state index contributed by atoms with van der Waals surface area (Å²) in [5, 5.41) is 7.94. The molecule has 1 aromatic carbocycles. The lowest BCUT2D eigenvalue weighted by Crippen LogP contribution is -2.37. The minimum absolute atomic E-state index is 0.243. The van der Waals surface area contributed by atoms with Gasteiger partial charge in [0.15, 0.2) is 0 Å². The van der Waals surface area contributed by atoms with E-state index in [0.29, 0.717) is 12.6 Å². The molecule has 0 radical (unpaired) electrons. The lowest BCUT2D eigenvalue weighted by Gasteiger charge is -2.23. The summed E-state index contributed by atoms with van der Waals surface area (Å²) in [5.74, 6) is 3.29. The number of aromatic nitrogens is 3. The smallest absolute Gasteiger partial charge is 0.147 e. The molecule has 3 aromatic rings. The van der Waals surface area contributed by atoms with Crippen LogP contribution in [-0.2, 0) is 19.5 Å². The highest BCUT2D eigenvalue weighted by Crippen LogP contribution is 2.22. The minimum atomic E-state index is -0.243. The van der Waals surface area contributed by atoms with Crippen molar-refractivity contribution in [1.82, 2.24) is 20.1 Å². The molecule has 3 heterocycles. The third kappa shape index (κ3) is 3.10. The number of nitrogens with one attached hydrogen (secondary N) is 1. The number of nitrogens with zero attached hydrogens (tertiary/aromatic N) is 3. The molecule has 1 N–H and O–H groups in total. The predicted octanol–water partition coefficient (Wildman–Crippen LogP) is 3.09. The average molecular weight is 326 g/mol. The van der Waals surface area contributed by atoms with Gasteiger partial charge in [0, 0.05) is 18.0 Å². The summed E-state index contributed by atoms with van der Waals surface area (Å²) < 4.78 is 20.8. The number of hydrogen-bond acceptors (Lipinski definition) is 4. The van der Waals surface area contributed by atoms with Crippen molar-refractivity contribution < 1.29 is 8.81 Å². The van der Waals surface area contributed by atoms with Crippen molar-refractivity contribution in [3.63, 3.8) is 0 Å². The molecule has 0 fully saturated rings. The number of aryl methyl sites for hydroxylation is 2. The van der Waals surface area contributed by atoms with Crippen LogP contribution in [0, 0.1) is 12.7 Å². The fourth-order valence-corrected chi connectivity index (χ4v) is 3.09. The summed E-state index contributed by atoms with van der Waals surface area (Å²) in [6.45, 7) is 3.42. The minimum Gasteiger partial charge on any atom is -0.460 e. The van der Waals surface area contributed by atoms with E-state index < -0.39 is 0 Å². The van der Waals surface area contributed by atoms with E-state index >= 15 is 0 Å². The Morgan fingerprint density at radius 3 is 2.92 bits per heavy atom. The van der Waals surface area contributed by atoms with E-state index in [1.807, 2.05) is 23.7 Å². The number of rotatable bonds is 4. The van der Waals surface area contributed by atoms with Gasteiger partial charge in [-0.2, -0.15) is 5.10 Å². The van der Waals surface area contributed by atoms with Crippen LogP contribution in [0.25, 0.3) is 11.3 Å². The molecular formula is C18H19FN4O. The monoisotopic (exact) mass is 326 g/mol. The van der Waals surface area contributed by atoms with Crippen LogP contribution in [0.4, 0.5) is 4.39 Å². The van der Waals surface area contributed by atoms with Gasteiger partial charge in [0.1, 0.15) is 29.0 Å². The summed E-state index contributed by atoms with van der Waals surface area (Å²) in [6, 6.07) is 10.6. The Balaban J connectivity index is 1.38. The first kappa shape index (κ1) is 15.1. The van der Waals surface area contributed by atoms with Gasteiger partial charge in [0.25, 0.3) is 0 Å². The van der Waals surface area contributed by atoms with Crippen molar-refractivity contribution in [3.05, 3.63) is 59.6 Å². The molecule has 0 spiro atoms. The van der Waals surface area contributed by atoms with Crippen molar-refractivity contribution >= 4 is 0 Å². The van der Waals surface area contributed by atoms with Gasteiger partial charge in [0.05, 0.1) is 13.1 Å². The van der Waals surface area contributed by atoms with E-state index in [9.17, 15) is 4.39 Å². The first-order valence-corrected chi connectivity index (χ1v) is 8.16. The van der Waals surface area contributed by atoms with Crippen LogP contribution in [0.5, 0.6) is 0 Å². The highest BCUT2D eigenvalue weighted by molar-refractivity contribution is 5.57. The molecule has 0 aliphatic carbocycles. The maximum atomic E-state index is 13.0. The van der Waals surface area contributed by atoms with Gasteiger partial charge in [0.2, 0.25) is 0 Å². The largest absolute Gasteiger partial charge is 0.460 e. The summed E-state index contributed by atoms with van der Waals surface area (Å²) in [7, 11) is 0. The zero-order valence-corrected chi connectivity index (χ0v) is 13.5. The molecule has 1 aliphatic rings. The van der Waals surface area contributed by atoms with Crippen molar-refractivity contribution in [2.24, 2.45) is 0 Å². The molecule has 0 saturated carbocycles. The van der Waals surface area contributed by atoms with Crippen molar-refractivity contribution in [1.29, 1.82) is 0 Å². The first-order valence-electron chi connectivity index (χ1n) is 8.16. The van der Waals surface area contributed by atoms with E-state index in [2.05, 4.69) is 15.4 Å². The second kappa shape index (κ2) is 6.20. The zero-order chi connectivity index (χ0) is 16.5. The number of fused-ring (bicyclic) bond motifs is 1. The molecule has 0 amide bonds. The first-order chi connectivity index (χ1) is 11.7. The number of halogens is 1. The number of hydrogen-bond donors (Lipinski definition) is 1. The van der Waals surface area contributed by atoms with E-state index in [1.165, 1.54) is 12.1 Å². The maximum Gasteiger partial charge on any atom is 0.147 e. The zero-order valence-electron chi connectivity index (χ0n) is 13.5. The molecule has 1 aliphatic heterocycles. The van der Waals surface area contributed by atoms with Gasteiger partial charge in [-0.15, -0.1) is 0 Å². The Bertz CT molecular complexity index is 837. The van der Waals surface area contributed by atoms with Crippen molar-refractivity contribution in [2.45, 2.75) is 38.9 Å². The average Bonchev–Trinajstić information content (AvgIpc) is 3.18. The summed E-state index contributed by atoms with van der Waals surface area (Å²) in [4.78, 5) is 4.43. The predicted molar refractivity (Wildman–Crippen MR) is 87.8 cm³/mol. The summed E-state index contributed by atoms with van der Waals surface area (Å²) in [5.41, 5.74) is 0.878. The molecule has 4 rings (SSSR count). The molecule has 0 unspecified atom stereocenters. The Morgan fingerprint density at radius 1 is 1.25 bits per heavy atom. The fraction of sp³-hybridized carbons (Fsp3) is 0.333. The fourth-order valence-electron chi connectivity index (χ4n) is 3.09. The topological polar surface area (TPSA) is 55.9 Å². The Hall–Kier alpha value is -2.47. The van der Waals surface area contributed by atoms with Gasteiger partial charge >= 0.3 is 0 Å². The van der Waals surface area contributed by atoms with E-state index in [-0.39, 0.29) is 5.82 Å². The lowest BCUT2D eigenvalue weighted by atomic mass is 10.1. The Morgan fingerprint density at radius 2 is 2.08 bits per heavy atom. The normalized spacial score (nSPS) is 17.0. The van der Waals surface area contributed by atoms with Gasteiger partial charge in [-0.05, 0) is 49.7 Å². The number of furan rings is 1. The Labute approximate surface area is 139 Å². The molecule has 124 valence electrons. The van der Waals surface area contributed by atoms with Crippen molar-refractivity contribution in [2.75, 3.05) is 0 Å². The SMILES string of the molecule is Cc1nc2n(n1)C[C@@H](NCc1ccc(-c3ccc(F)cc3)o1)CC2. The molecule has 5 nitrogen and oxygen atoms in total. The highest BCUT2D eigenvalue weighted by atomic mass is 19.1. The quantitative estimate of drug-likeness (QED) is 0.800. The molecule has 6 heteroatoms. The van der Waals surface area contributed by atoms with Crippen LogP contribution in [0.3, 0.4) is 0 Å². The molecule has 0 saturated heterocycles. The van der Waals surface area contributed by atoms with Crippen LogP contribution in [-0.4, -0.2) is 20.8 Å². The molecule has 2 aromatic heterocycles. The summed E-state index contributed by atoms with van der Waals surface area (Å²) in [6.07, 6.45) is 1.99. The summed E-state index contributed by atoms with van der Waals surface area (Å²) >= 11 is 0. The highest BCUT2D eigenvalue weighted by Gasteiger charge is 2.20. The van der Waals surface area contributed by atoms with Crippen LogP contribution in [0.1, 0.15) is 23.8 Å². The van der Waals surface area contributed by atoms with Crippen LogP contribution in [0.15, 0.2) is 40.8 Å². The second-order valence-corrected chi connectivity index (χ2v) is 6.15. The van der Waals surface area contributed by atoms with Crippen LogP contribution < -0.4 is 5.32 Å². The number of benzene rings is 1. The van der Waals surface area contributed by atoms with Gasteiger partial charge in [-0.1, -0.05) is 0 Å². The van der Waals surface area contributed by atoms with Gasteiger partial charge < -0.3 is 9.73 Å². The molecular weight excluding hydrogens is 307 g/mol. The van der Waals surface area contributed by atoms with Crippen LogP contribution >= 0.6 is 0 Å². The third-order valence-electron chi connectivity index (χ3n) is 4.32.